The van der Waals surface area contributed by atoms with E-state index in [9.17, 15) is 36.4 Å². The van der Waals surface area contributed by atoms with Crippen LogP contribution in [0.25, 0.3) is 0 Å². The van der Waals surface area contributed by atoms with Gasteiger partial charge in [-0.25, -0.2) is 13.2 Å². The average Bonchev–Trinajstić information content (AvgIpc) is 3.47. The summed E-state index contributed by atoms with van der Waals surface area (Å²) in [5.74, 6) is -0.509. The van der Waals surface area contributed by atoms with Gasteiger partial charge in [0.1, 0.15) is 11.1 Å². The Morgan fingerprint density at radius 1 is 1.13 bits per heavy atom. The highest BCUT2D eigenvalue weighted by molar-refractivity contribution is 7.92. The second-order valence-electron chi connectivity index (χ2n) is 11.5. The number of amides is 2. The molecule has 1 aromatic rings. The Morgan fingerprint density at radius 2 is 1.74 bits per heavy atom. The number of hydrogen-bond donors (Lipinski definition) is 1. The van der Waals surface area contributed by atoms with Crippen LogP contribution in [0.1, 0.15) is 58.4 Å². The quantitative estimate of drug-likeness (QED) is 0.576. The van der Waals surface area contributed by atoms with Crippen molar-refractivity contribution in [3.8, 4) is 6.07 Å². The van der Waals surface area contributed by atoms with Gasteiger partial charge in [0.25, 0.3) is 0 Å². The van der Waals surface area contributed by atoms with Crippen molar-refractivity contribution in [3.63, 3.8) is 0 Å². The third-order valence-corrected chi connectivity index (χ3v) is 9.64. The van der Waals surface area contributed by atoms with E-state index < -0.39 is 60.9 Å². The molecule has 1 N–H and O–H groups in total. The van der Waals surface area contributed by atoms with Gasteiger partial charge in [-0.2, -0.15) is 18.4 Å². The van der Waals surface area contributed by atoms with E-state index in [-0.39, 0.29) is 19.0 Å². The Morgan fingerprint density at radius 3 is 2.28 bits per heavy atom. The number of ether oxygens (including phenoxy) is 1. The van der Waals surface area contributed by atoms with Gasteiger partial charge < -0.3 is 15.0 Å². The highest BCUT2D eigenvalue weighted by Gasteiger charge is 2.51. The first kappa shape index (κ1) is 29.1. The maximum atomic E-state index is 13.7. The molecule has 2 unspecified atom stereocenters. The van der Waals surface area contributed by atoms with E-state index in [0.717, 1.165) is 18.2 Å². The SMILES string of the molecule is CC(C)(C)OC(=O)N1CCC(N2CC(S(=O)(=O)c3ccccc3C(F)(F)F)CC2C(=O)NC2(C#N)CC2)CC1. The zero-order chi connectivity index (χ0) is 28.8. The number of rotatable bonds is 5. The standard InChI is InChI=1S/C26H33F3N4O5S/c1-24(2,3)38-23(35)32-12-8-17(9-13-32)33-15-18(14-20(33)22(34)31-25(16-30)10-11-25)39(36,37)21-7-5-4-6-19(21)26(27,28)29/h4-7,17-18,20H,8-15H2,1-3H3,(H,31,34). The molecule has 3 fully saturated rings. The molecule has 0 radical (unpaired) electrons. The number of halogens is 3. The van der Waals surface area contributed by atoms with Gasteiger partial charge in [0.15, 0.2) is 9.84 Å². The van der Waals surface area contributed by atoms with Gasteiger partial charge in [-0.15, -0.1) is 0 Å². The van der Waals surface area contributed by atoms with Gasteiger partial charge in [-0.05, 0) is 65.0 Å². The molecule has 1 aliphatic carbocycles. The second-order valence-corrected chi connectivity index (χ2v) is 13.7. The Hall–Kier alpha value is -2.85. The summed E-state index contributed by atoms with van der Waals surface area (Å²) in [6.45, 7) is 5.79. The predicted octanol–water partition coefficient (Wildman–Crippen LogP) is 3.49. The summed E-state index contributed by atoms with van der Waals surface area (Å²) in [7, 11) is -4.46. The van der Waals surface area contributed by atoms with Crippen LogP contribution >= 0.6 is 0 Å². The number of carbonyl (C=O) groups excluding carboxylic acids is 2. The van der Waals surface area contributed by atoms with Crippen LogP contribution in [0.4, 0.5) is 18.0 Å². The van der Waals surface area contributed by atoms with Crippen LogP contribution in [-0.4, -0.2) is 78.3 Å². The zero-order valence-electron chi connectivity index (χ0n) is 22.1. The molecule has 2 saturated heterocycles. The highest BCUT2D eigenvalue weighted by atomic mass is 32.2. The lowest BCUT2D eigenvalue weighted by atomic mass is 10.0. The topological polar surface area (TPSA) is 120 Å². The van der Waals surface area contributed by atoms with E-state index >= 15 is 0 Å². The maximum absolute atomic E-state index is 13.7. The number of nitrogens with zero attached hydrogens (tertiary/aromatic N) is 3. The van der Waals surface area contributed by atoms with E-state index in [1.165, 1.54) is 6.07 Å². The largest absolute Gasteiger partial charge is 0.444 e. The van der Waals surface area contributed by atoms with Crippen molar-refractivity contribution in [3.05, 3.63) is 29.8 Å². The lowest BCUT2D eigenvalue weighted by Crippen LogP contribution is -2.54. The number of likely N-dealkylation sites (tertiary alicyclic amines) is 2. The van der Waals surface area contributed by atoms with Crippen molar-refractivity contribution in [2.45, 2.75) is 92.4 Å². The smallest absolute Gasteiger partial charge is 0.417 e. The summed E-state index contributed by atoms with van der Waals surface area (Å²) >= 11 is 0. The summed E-state index contributed by atoms with van der Waals surface area (Å²) in [5, 5.41) is 10.9. The minimum atomic E-state index is -4.86. The van der Waals surface area contributed by atoms with Crippen LogP contribution in [0, 0.1) is 11.3 Å². The third kappa shape index (κ3) is 6.32. The van der Waals surface area contributed by atoms with Crippen LogP contribution < -0.4 is 5.32 Å². The molecule has 3 aliphatic rings. The van der Waals surface area contributed by atoms with Crippen molar-refractivity contribution in [1.82, 2.24) is 15.1 Å². The number of carbonyl (C=O) groups is 2. The molecule has 2 amide bonds. The van der Waals surface area contributed by atoms with E-state index in [4.69, 9.17) is 4.74 Å². The normalized spacial score (nSPS) is 24.2. The van der Waals surface area contributed by atoms with Crippen LogP contribution in [-0.2, 0) is 25.5 Å². The van der Waals surface area contributed by atoms with E-state index in [2.05, 4.69) is 11.4 Å². The maximum Gasteiger partial charge on any atom is 0.417 e. The number of sulfone groups is 1. The summed E-state index contributed by atoms with van der Waals surface area (Å²) in [4.78, 5) is 28.3. The zero-order valence-corrected chi connectivity index (χ0v) is 22.9. The summed E-state index contributed by atoms with van der Waals surface area (Å²) in [6.07, 6.45) is -3.71. The lowest BCUT2D eigenvalue weighted by molar-refractivity contribution is -0.139. The van der Waals surface area contributed by atoms with Gasteiger partial charge in [0.2, 0.25) is 5.91 Å². The van der Waals surface area contributed by atoms with Crippen LogP contribution in [0.3, 0.4) is 0 Å². The van der Waals surface area contributed by atoms with Crippen LogP contribution in [0.15, 0.2) is 29.2 Å². The molecular weight excluding hydrogens is 537 g/mol. The number of nitrogens with one attached hydrogen (secondary N) is 1. The molecule has 2 atom stereocenters. The Labute approximate surface area is 226 Å². The molecule has 13 heteroatoms. The molecule has 4 rings (SSSR count). The van der Waals surface area contributed by atoms with Gasteiger partial charge in [0, 0.05) is 25.7 Å². The first-order valence-electron chi connectivity index (χ1n) is 12.9. The van der Waals surface area contributed by atoms with Crippen molar-refractivity contribution in [2.24, 2.45) is 0 Å². The number of benzene rings is 1. The molecule has 214 valence electrons. The minimum Gasteiger partial charge on any atom is -0.444 e. The first-order chi connectivity index (χ1) is 18.1. The summed E-state index contributed by atoms with van der Waals surface area (Å²) in [6, 6.07) is 4.92. The third-order valence-electron chi connectivity index (χ3n) is 7.45. The molecule has 0 bridgehead atoms. The van der Waals surface area contributed by atoms with Gasteiger partial charge in [-0.3, -0.25) is 9.69 Å². The monoisotopic (exact) mass is 570 g/mol. The molecule has 2 heterocycles. The fourth-order valence-corrected chi connectivity index (χ4v) is 7.17. The summed E-state index contributed by atoms with van der Waals surface area (Å²) in [5.41, 5.74) is -2.89. The van der Waals surface area contributed by atoms with E-state index in [1.54, 1.807) is 30.6 Å². The van der Waals surface area contributed by atoms with Crippen molar-refractivity contribution in [2.75, 3.05) is 19.6 Å². The minimum absolute atomic E-state index is 0.136. The van der Waals surface area contributed by atoms with Crippen molar-refractivity contribution >= 4 is 21.8 Å². The van der Waals surface area contributed by atoms with E-state index in [1.807, 2.05) is 0 Å². The Bertz CT molecular complexity index is 1260. The number of hydrogen-bond acceptors (Lipinski definition) is 7. The fraction of sp³-hybridized carbons (Fsp3) is 0.654. The van der Waals surface area contributed by atoms with Crippen molar-refractivity contribution in [1.29, 1.82) is 5.26 Å². The first-order valence-corrected chi connectivity index (χ1v) is 14.5. The lowest BCUT2D eigenvalue weighted by Gasteiger charge is -2.39. The second kappa shape index (κ2) is 10.3. The van der Waals surface area contributed by atoms with Crippen LogP contribution in [0.5, 0.6) is 0 Å². The Balaban J connectivity index is 1.57. The highest BCUT2D eigenvalue weighted by Crippen LogP contribution is 2.40. The molecule has 9 nitrogen and oxygen atoms in total. The number of alkyl halides is 3. The van der Waals surface area contributed by atoms with Gasteiger partial charge in [0.05, 0.1) is 27.8 Å². The molecule has 2 aliphatic heterocycles. The van der Waals surface area contributed by atoms with Crippen LogP contribution in [0.2, 0.25) is 0 Å². The van der Waals surface area contributed by atoms with Gasteiger partial charge >= 0.3 is 12.3 Å². The molecule has 0 spiro atoms. The molecular formula is C26H33F3N4O5S. The van der Waals surface area contributed by atoms with Crippen molar-refractivity contribution < 1.29 is 35.9 Å². The predicted molar refractivity (Wildman–Crippen MR) is 134 cm³/mol. The number of piperidine rings is 1. The summed E-state index contributed by atoms with van der Waals surface area (Å²) < 4.78 is 73.5. The average molecular weight is 571 g/mol. The Kier molecular flexibility index (Phi) is 7.68. The number of nitriles is 1. The van der Waals surface area contributed by atoms with Gasteiger partial charge in [-0.1, -0.05) is 12.1 Å². The fourth-order valence-electron chi connectivity index (χ4n) is 5.25. The molecule has 1 saturated carbocycles. The van der Waals surface area contributed by atoms with E-state index in [0.29, 0.717) is 38.8 Å². The molecule has 1 aromatic carbocycles. The molecule has 39 heavy (non-hydrogen) atoms. The molecule has 0 aromatic heterocycles.